The number of morpholine rings is 2. The summed E-state index contributed by atoms with van der Waals surface area (Å²) in [6, 6.07) is 0. The van der Waals surface area contributed by atoms with E-state index in [-0.39, 0.29) is 5.95 Å². The van der Waals surface area contributed by atoms with Crippen LogP contribution in [0.3, 0.4) is 0 Å². The average Bonchev–Trinajstić information content (AvgIpc) is 2.83. The van der Waals surface area contributed by atoms with Gasteiger partial charge in [-0.05, 0) is 0 Å². The van der Waals surface area contributed by atoms with E-state index >= 15 is 0 Å². The van der Waals surface area contributed by atoms with Crippen LogP contribution in [-0.4, -0.2) is 130 Å². The van der Waals surface area contributed by atoms with Gasteiger partial charge in [0.1, 0.15) is 24.4 Å². The number of rotatable bonds is 9. The standard InChI is InChI=1S/C17H29N7O7/c25-10-12(27)14(29)13(28)11(26)9-18-22-15-19-16(23-1-5-30-6-2-23)21-17(20-15)24-3-7-31-8-4-24/h9,11-14,25-29H,1-8,10H2,(H,19,20,21,22)/b18-9-/t11-,12+,13-,14+/m0/s1. The Balaban J connectivity index is 1.72. The maximum atomic E-state index is 9.94. The van der Waals surface area contributed by atoms with Gasteiger partial charge in [-0.15, -0.1) is 0 Å². The van der Waals surface area contributed by atoms with Crippen LogP contribution in [0.4, 0.5) is 17.8 Å². The Bertz CT molecular complexity index is 680. The molecule has 1 aromatic heterocycles. The van der Waals surface area contributed by atoms with Crippen LogP contribution in [0, 0.1) is 0 Å². The van der Waals surface area contributed by atoms with Crippen LogP contribution in [0.5, 0.6) is 0 Å². The first-order valence-corrected chi connectivity index (χ1v) is 10.0. The highest BCUT2D eigenvalue weighted by Gasteiger charge is 2.29. The summed E-state index contributed by atoms with van der Waals surface area (Å²) < 4.78 is 10.7. The molecule has 3 heterocycles. The third kappa shape index (κ3) is 6.39. The van der Waals surface area contributed by atoms with Crippen LogP contribution in [0.25, 0.3) is 0 Å². The van der Waals surface area contributed by atoms with Crippen molar-refractivity contribution >= 4 is 24.1 Å². The van der Waals surface area contributed by atoms with Crippen molar-refractivity contribution in [2.24, 2.45) is 5.10 Å². The average molecular weight is 443 g/mol. The molecular weight excluding hydrogens is 414 g/mol. The zero-order valence-electron chi connectivity index (χ0n) is 17.0. The van der Waals surface area contributed by atoms with Gasteiger partial charge in [0.25, 0.3) is 0 Å². The summed E-state index contributed by atoms with van der Waals surface area (Å²) in [7, 11) is 0. The van der Waals surface area contributed by atoms with E-state index in [4.69, 9.17) is 14.6 Å². The van der Waals surface area contributed by atoms with Crippen LogP contribution in [0.2, 0.25) is 0 Å². The second-order valence-electron chi connectivity index (χ2n) is 7.07. The predicted molar refractivity (Wildman–Crippen MR) is 109 cm³/mol. The third-order valence-corrected chi connectivity index (χ3v) is 4.87. The van der Waals surface area contributed by atoms with Crippen LogP contribution in [0.15, 0.2) is 5.10 Å². The number of nitrogens with zero attached hydrogens (tertiary/aromatic N) is 6. The van der Waals surface area contributed by atoms with E-state index in [1.54, 1.807) is 0 Å². The van der Waals surface area contributed by atoms with Crippen molar-refractivity contribution < 1.29 is 35.0 Å². The first-order valence-electron chi connectivity index (χ1n) is 10.0. The van der Waals surface area contributed by atoms with Gasteiger partial charge in [0, 0.05) is 26.2 Å². The van der Waals surface area contributed by atoms with E-state index < -0.39 is 31.0 Å². The minimum absolute atomic E-state index is 0.131. The molecule has 0 amide bonds. The van der Waals surface area contributed by atoms with Gasteiger partial charge < -0.3 is 44.8 Å². The molecule has 2 fully saturated rings. The van der Waals surface area contributed by atoms with Gasteiger partial charge in [-0.2, -0.15) is 20.1 Å². The SMILES string of the molecule is OC[C@@H](O)[C@@H](O)[C@@H](O)[C@@H](O)/C=N\Nc1nc(N2CCOCC2)nc(N2CCOCC2)n1. The fourth-order valence-corrected chi connectivity index (χ4v) is 3.01. The van der Waals surface area contributed by atoms with Gasteiger partial charge in [0.2, 0.25) is 17.8 Å². The number of nitrogens with one attached hydrogen (secondary N) is 1. The lowest BCUT2D eigenvalue weighted by Crippen LogP contribution is -2.46. The topological polar surface area (TPSA) is 189 Å². The largest absolute Gasteiger partial charge is 0.394 e. The van der Waals surface area contributed by atoms with E-state index in [1.165, 1.54) is 0 Å². The predicted octanol–water partition coefficient (Wildman–Crippen LogP) is -3.62. The van der Waals surface area contributed by atoms with Crippen molar-refractivity contribution in [3.8, 4) is 0 Å². The molecule has 0 aliphatic carbocycles. The van der Waals surface area contributed by atoms with E-state index in [2.05, 4.69) is 25.5 Å². The van der Waals surface area contributed by atoms with Crippen molar-refractivity contribution in [2.45, 2.75) is 24.4 Å². The van der Waals surface area contributed by atoms with Gasteiger partial charge in [0.05, 0.1) is 39.2 Å². The van der Waals surface area contributed by atoms with Crippen LogP contribution < -0.4 is 15.2 Å². The second kappa shape index (κ2) is 11.4. The molecule has 0 radical (unpaired) electrons. The Labute approximate surface area is 178 Å². The molecule has 2 aliphatic rings. The van der Waals surface area contributed by atoms with Crippen LogP contribution >= 0.6 is 0 Å². The molecule has 2 aliphatic heterocycles. The number of anilines is 3. The van der Waals surface area contributed by atoms with Gasteiger partial charge in [-0.1, -0.05) is 0 Å². The number of hydrazone groups is 1. The number of aromatic nitrogens is 3. The summed E-state index contributed by atoms with van der Waals surface area (Å²) >= 11 is 0. The quantitative estimate of drug-likeness (QED) is 0.162. The van der Waals surface area contributed by atoms with Crippen molar-refractivity contribution in [1.29, 1.82) is 0 Å². The molecule has 0 saturated carbocycles. The Morgan fingerprint density at radius 3 is 1.87 bits per heavy atom. The van der Waals surface area contributed by atoms with Gasteiger partial charge in [-0.3, -0.25) is 0 Å². The molecule has 174 valence electrons. The van der Waals surface area contributed by atoms with E-state index in [9.17, 15) is 20.4 Å². The number of hydrogen-bond acceptors (Lipinski definition) is 14. The maximum absolute atomic E-state index is 9.94. The molecule has 3 rings (SSSR count). The number of aliphatic hydroxyl groups excluding tert-OH is 5. The normalized spacial score (nSPS) is 21.7. The highest BCUT2D eigenvalue weighted by atomic mass is 16.5. The molecule has 0 aromatic carbocycles. The third-order valence-electron chi connectivity index (χ3n) is 4.87. The molecule has 4 atom stereocenters. The second-order valence-corrected chi connectivity index (χ2v) is 7.07. The zero-order chi connectivity index (χ0) is 22.2. The molecular formula is C17H29N7O7. The lowest BCUT2D eigenvalue weighted by molar-refractivity contribution is -0.0999. The molecule has 6 N–H and O–H groups in total. The fraction of sp³-hybridized carbons (Fsp3) is 0.765. The molecule has 31 heavy (non-hydrogen) atoms. The lowest BCUT2D eigenvalue weighted by Gasteiger charge is -2.30. The fourth-order valence-electron chi connectivity index (χ4n) is 3.01. The van der Waals surface area contributed by atoms with Gasteiger partial charge >= 0.3 is 0 Å². The molecule has 2 saturated heterocycles. The Morgan fingerprint density at radius 1 is 0.871 bits per heavy atom. The molecule has 0 bridgehead atoms. The molecule has 0 spiro atoms. The van der Waals surface area contributed by atoms with Crippen LogP contribution in [-0.2, 0) is 9.47 Å². The Hall–Kier alpha value is -2.20. The minimum atomic E-state index is -1.75. The minimum Gasteiger partial charge on any atom is -0.394 e. The molecule has 0 unspecified atom stereocenters. The Kier molecular flexibility index (Phi) is 8.65. The molecule has 14 nitrogen and oxygen atoms in total. The van der Waals surface area contributed by atoms with Crippen molar-refractivity contribution in [2.75, 3.05) is 74.4 Å². The zero-order valence-corrected chi connectivity index (χ0v) is 17.0. The van der Waals surface area contributed by atoms with E-state index in [0.29, 0.717) is 64.5 Å². The van der Waals surface area contributed by atoms with Crippen LogP contribution in [0.1, 0.15) is 0 Å². The van der Waals surface area contributed by atoms with Gasteiger partial charge in [0.15, 0.2) is 0 Å². The number of hydrogen-bond donors (Lipinski definition) is 6. The highest BCUT2D eigenvalue weighted by Crippen LogP contribution is 2.18. The highest BCUT2D eigenvalue weighted by molar-refractivity contribution is 5.64. The summed E-state index contributed by atoms with van der Waals surface area (Å²) in [6.45, 7) is 4.00. The first-order chi connectivity index (χ1) is 15.0. The smallest absolute Gasteiger partial charge is 0.250 e. The van der Waals surface area contributed by atoms with E-state index in [0.717, 1.165) is 6.21 Å². The first kappa shape index (κ1) is 23.5. The summed E-state index contributed by atoms with van der Waals surface area (Å²) in [5.41, 5.74) is 2.60. The Morgan fingerprint density at radius 2 is 1.39 bits per heavy atom. The number of ether oxygens (including phenoxy) is 2. The lowest BCUT2D eigenvalue weighted by atomic mass is 10.0. The summed E-state index contributed by atoms with van der Waals surface area (Å²) in [4.78, 5) is 17.2. The number of aliphatic hydroxyl groups is 5. The molecule has 14 heteroatoms. The van der Waals surface area contributed by atoms with Crippen molar-refractivity contribution in [1.82, 2.24) is 15.0 Å². The molecule has 1 aromatic rings. The van der Waals surface area contributed by atoms with Crippen molar-refractivity contribution in [3.05, 3.63) is 0 Å². The van der Waals surface area contributed by atoms with Gasteiger partial charge in [-0.25, -0.2) is 5.43 Å². The summed E-state index contributed by atoms with van der Waals surface area (Å²) in [5.74, 6) is 1.05. The van der Waals surface area contributed by atoms with E-state index in [1.807, 2.05) is 9.80 Å². The maximum Gasteiger partial charge on any atom is 0.250 e. The summed E-state index contributed by atoms with van der Waals surface area (Å²) in [5, 5.41) is 51.5. The van der Waals surface area contributed by atoms with Crippen molar-refractivity contribution in [3.63, 3.8) is 0 Å². The monoisotopic (exact) mass is 443 g/mol. The summed E-state index contributed by atoms with van der Waals surface area (Å²) in [6.07, 6.45) is -5.77.